The molecular weight excluding hydrogens is 524 g/mol. The molecule has 1 unspecified atom stereocenters. The van der Waals surface area contributed by atoms with Crippen LogP contribution in [0.15, 0.2) is 36.7 Å². The lowest BCUT2D eigenvalue weighted by Gasteiger charge is -2.36. The van der Waals surface area contributed by atoms with E-state index in [4.69, 9.17) is 4.74 Å². The number of benzene rings is 1. The second-order valence-corrected chi connectivity index (χ2v) is 12.6. The van der Waals surface area contributed by atoms with Crippen molar-refractivity contribution in [3.63, 3.8) is 0 Å². The summed E-state index contributed by atoms with van der Waals surface area (Å²) >= 11 is 0. The van der Waals surface area contributed by atoms with Crippen LogP contribution in [-0.2, 0) is 16.3 Å². The largest absolute Gasteiger partial charge is 0.486 e. The fourth-order valence-corrected chi connectivity index (χ4v) is 6.29. The normalized spacial score (nSPS) is 17.1. The highest BCUT2D eigenvalue weighted by Crippen LogP contribution is 2.39. The molecular formula is C28H33F2N5O3S. The molecule has 4 heterocycles. The maximum atomic E-state index is 15.0. The Labute approximate surface area is 228 Å². The summed E-state index contributed by atoms with van der Waals surface area (Å²) < 4.78 is 59.2. The van der Waals surface area contributed by atoms with Gasteiger partial charge in [0.25, 0.3) is 0 Å². The van der Waals surface area contributed by atoms with E-state index in [0.29, 0.717) is 61.9 Å². The minimum Gasteiger partial charge on any atom is -0.486 e. The van der Waals surface area contributed by atoms with Crippen LogP contribution in [0.3, 0.4) is 0 Å². The summed E-state index contributed by atoms with van der Waals surface area (Å²) in [7, 11) is -3.03. The van der Waals surface area contributed by atoms with Crippen molar-refractivity contribution in [2.45, 2.75) is 50.8 Å². The highest BCUT2D eigenvalue weighted by molar-refractivity contribution is 7.91. The van der Waals surface area contributed by atoms with E-state index in [1.807, 2.05) is 12.1 Å². The Morgan fingerprint density at radius 3 is 2.51 bits per heavy atom. The smallest absolute Gasteiger partial charge is 0.178 e. The summed E-state index contributed by atoms with van der Waals surface area (Å²) in [5.41, 5.74) is 2.58. The van der Waals surface area contributed by atoms with Crippen LogP contribution in [0.4, 0.5) is 20.2 Å². The number of halogens is 2. The second kappa shape index (κ2) is 11.0. The number of piperidine rings is 1. The lowest BCUT2D eigenvalue weighted by atomic mass is 10.1. The van der Waals surface area contributed by atoms with E-state index in [1.54, 1.807) is 12.3 Å². The number of sulfone groups is 1. The molecule has 3 aromatic rings. The van der Waals surface area contributed by atoms with Gasteiger partial charge in [-0.25, -0.2) is 27.2 Å². The third kappa shape index (κ3) is 5.83. The topological polar surface area (TPSA) is 88.5 Å². The van der Waals surface area contributed by atoms with Gasteiger partial charge >= 0.3 is 0 Å². The molecule has 0 radical (unpaired) electrons. The summed E-state index contributed by atoms with van der Waals surface area (Å²) in [5, 5.41) is -0.292. The van der Waals surface area contributed by atoms with Crippen LogP contribution in [0.1, 0.15) is 44.6 Å². The molecule has 0 bridgehead atoms. The third-order valence-corrected chi connectivity index (χ3v) is 9.35. The molecule has 2 aromatic heterocycles. The summed E-state index contributed by atoms with van der Waals surface area (Å²) in [6.45, 7) is 6.46. The van der Waals surface area contributed by atoms with E-state index in [9.17, 15) is 12.8 Å². The van der Waals surface area contributed by atoms with Crippen LogP contribution in [0.2, 0.25) is 0 Å². The molecule has 1 aromatic carbocycles. The first-order valence-electron chi connectivity index (χ1n) is 13.3. The molecule has 5 rings (SSSR count). The predicted molar refractivity (Wildman–Crippen MR) is 147 cm³/mol. The Kier molecular flexibility index (Phi) is 7.70. The lowest BCUT2D eigenvalue weighted by Crippen LogP contribution is -2.39. The van der Waals surface area contributed by atoms with Crippen LogP contribution in [0, 0.1) is 11.6 Å². The van der Waals surface area contributed by atoms with Crippen molar-refractivity contribution < 1.29 is 21.9 Å². The molecule has 0 saturated carbocycles. The second-order valence-electron chi connectivity index (χ2n) is 10.3. The van der Waals surface area contributed by atoms with Crippen molar-refractivity contribution >= 4 is 21.2 Å². The van der Waals surface area contributed by atoms with Crippen molar-refractivity contribution in [3.8, 4) is 17.0 Å². The van der Waals surface area contributed by atoms with Gasteiger partial charge in [0.1, 0.15) is 28.0 Å². The zero-order chi connectivity index (χ0) is 27.7. The average molecular weight is 558 g/mol. The molecule has 0 aliphatic carbocycles. The molecule has 8 nitrogen and oxygen atoms in total. The number of anilines is 2. The molecule has 1 fully saturated rings. The number of aromatic nitrogens is 3. The van der Waals surface area contributed by atoms with E-state index >= 15 is 4.39 Å². The number of hydrogen-bond donors (Lipinski definition) is 0. The molecule has 39 heavy (non-hydrogen) atoms. The molecule has 208 valence electrons. The highest BCUT2D eigenvalue weighted by atomic mass is 32.2. The monoisotopic (exact) mass is 557 g/mol. The summed E-state index contributed by atoms with van der Waals surface area (Å²) in [6, 6.07) is 6.97. The number of rotatable bonds is 7. The standard InChI is InChI=1S/C28H33F2N5O3S/c1-4-18(2)35-11-12-38-28-23(29)13-19(14-25(28)35)27-24(30)17-32-26(33-27)15-20-5-6-21(16-31-20)34-9-7-22(8-10-34)39(3,36)37/h5-6,13-14,16-18,22H,4,7-12,15H2,1-3H3. The van der Waals surface area contributed by atoms with Crippen LogP contribution < -0.4 is 14.5 Å². The molecule has 11 heteroatoms. The van der Waals surface area contributed by atoms with Gasteiger partial charge in [0.05, 0.1) is 42.0 Å². The van der Waals surface area contributed by atoms with Gasteiger partial charge in [-0.2, -0.15) is 0 Å². The number of hydrogen-bond acceptors (Lipinski definition) is 8. The van der Waals surface area contributed by atoms with E-state index in [2.05, 4.69) is 38.6 Å². The maximum absolute atomic E-state index is 15.0. The van der Waals surface area contributed by atoms with E-state index < -0.39 is 21.5 Å². The first-order valence-corrected chi connectivity index (χ1v) is 15.2. The maximum Gasteiger partial charge on any atom is 0.178 e. The number of nitrogens with zero attached hydrogens (tertiary/aromatic N) is 5. The fraction of sp³-hybridized carbons (Fsp3) is 0.464. The summed E-state index contributed by atoms with van der Waals surface area (Å²) in [5.74, 6) is -0.628. The van der Waals surface area contributed by atoms with Gasteiger partial charge in [0.15, 0.2) is 17.4 Å². The number of fused-ring (bicyclic) bond motifs is 1. The van der Waals surface area contributed by atoms with Crippen LogP contribution in [0.5, 0.6) is 5.75 Å². The number of pyridine rings is 1. The van der Waals surface area contributed by atoms with E-state index in [1.165, 1.54) is 12.3 Å². The Bertz CT molecular complexity index is 1440. The van der Waals surface area contributed by atoms with Crippen molar-refractivity contribution in [1.82, 2.24) is 15.0 Å². The molecule has 0 N–H and O–H groups in total. The molecule has 2 aliphatic rings. The minimum atomic E-state index is -3.03. The first-order chi connectivity index (χ1) is 18.6. The van der Waals surface area contributed by atoms with Gasteiger partial charge in [-0.1, -0.05) is 6.92 Å². The zero-order valence-corrected chi connectivity index (χ0v) is 23.2. The molecule has 0 spiro atoms. The van der Waals surface area contributed by atoms with Gasteiger partial charge in [-0.05, 0) is 50.5 Å². The SMILES string of the molecule is CCC(C)N1CCOc2c(F)cc(-c3nc(Cc4ccc(N5CCC(S(C)(=O)=O)CC5)cn4)ncc3F)cc21. The Morgan fingerprint density at radius 2 is 1.85 bits per heavy atom. The van der Waals surface area contributed by atoms with Crippen LogP contribution in [-0.4, -0.2) is 67.2 Å². The summed E-state index contributed by atoms with van der Waals surface area (Å²) in [6.07, 6.45) is 6.50. The molecule has 0 amide bonds. The van der Waals surface area contributed by atoms with E-state index in [0.717, 1.165) is 18.3 Å². The quantitative estimate of drug-likeness (QED) is 0.422. The van der Waals surface area contributed by atoms with Crippen LogP contribution in [0.25, 0.3) is 11.3 Å². The van der Waals surface area contributed by atoms with Crippen LogP contribution >= 0.6 is 0 Å². The Balaban J connectivity index is 1.34. The van der Waals surface area contributed by atoms with Crippen molar-refractivity contribution in [2.24, 2.45) is 0 Å². The van der Waals surface area contributed by atoms with Crippen molar-refractivity contribution in [3.05, 3.63) is 59.8 Å². The molecule has 1 atom stereocenters. The highest BCUT2D eigenvalue weighted by Gasteiger charge is 2.28. The van der Waals surface area contributed by atoms with Crippen molar-refractivity contribution in [2.75, 3.05) is 42.3 Å². The van der Waals surface area contributed by atoms with Gasteiger partial charge in [-0.15, -0.1) is 0 Å². The summed E-state index contributed by atoms with van der Waals surface area (Å²) in [4.78, 5) is 17.3. The lowest BCUT2D eigenvalue weighted by molar-refractivity contribution is 0.285. The third-order valence-electron chi connectivity index (χ3n) is 7.66. The zero-order valence-electron chi connectivity index (χ0n) is 22.4. The van der Waals surface area contributed by atoms with Gasteiger partial charge < -0.3 is 14.5 Å². The first kappa shape index (κ1) is 27.2. The molecule has 1 saturated heterocycles. The van der Waals surface area contributed by atoms with Gasteiger partial charge in [0.2, 0.25) is 0 Å². The predicted octanol–water partition coefficient (Wildman–Crippen LogP) is 4.42. The Morgan fingerprint density at radius 1 is 1.08 bits per heavy atom. The molecule has 2 aliphatic heterocycles. The Hall–Kier alpha value is -3.34. The average Bonchev–Trinajstić information content (AvgIpc) is 2.93. The van der Waals surface area contributed by atoms with Gasteiger partial charge in [-0.3, -0.25) is 4.98 Å². The van der Waals surface area contributed by atoms with E-state index in [-0.39, 0.29) is 29.2 Å². The minimum absolute atomic E-state index is 0.0294. The van der Waals surface area contributed by atoms with Gasteiger partial charge in [0, 0.05) is 36.6 Å². The number of ether oxygens (including phenoxy) is 1. The van der Waals surface area contributed by atoms with Crippen molar-refractivity contribution in [1.29, 1.82) is 0 Å². The fourth-order valence-electron chi connectivity index (χ4n) is 5.22.